The summed E-state index contributed by atoms with van der Waals surface area (Å²) >= 11 is 5.73. The fourth-order valence-electron chi connectivity index (χ4n) is 3.46. The minimum atomic E-state index is -4.80. The molecule has 0 bridgehead atoms. The molecule has 0 heterocycles. The average Bonchev–Trinajstić information content (AvgIpc) is 2.60. The number of primary sulfonamides is 1. The number of anilines is 1. The highest BCUT2D eigenvalue weighted by atomic mass is 35.5. The molecular formula is C17H22ClF3N2O4S. The number of nitrogens with zero attached hydrogens (tertiary/aromatic N) is 1. The number of hydrogen-bond acceptors (Lipinski definition) is 4. The zero-order valence-electron chi connectivity index (χ0n) is 15.2. The van der Waals surface area contributed by atoms with Gasteiger partial charge < -0.3 is 9.64 Å². The lowest BCUT2D eigenvalue weighted by molar-refractivity contribution is -0.137. The highest BCUT2D eigenvalue weighted by molar-refractivity contribution is 7.89. The van der Waals surface area contributed by atoms with Crippen molar-refractivity contribution in [2.24, 2.45) is 5.14 Å². The van der Waals surface area contributed by atoms with Gasteiger partial charge in [-0.2, -0.15) is 13.2 Å². The van der Waals surface area contributed by atoms with Crippen LogP contribution in [0.3, 0.4) is 0 Å². The molecule has 0 saturated heterocycles. The lowest BCUT2D eigenvalue weighted by atomic mass is 9.92. The summed E-state index contributed by atoms with van der Waals surface area (Å²) in [5.41, 5.74) is -1.58. The maximum atomic E-state index is 13.6. The van der Waals surface area contributed by atoms with Gasteiger partial charge in [0, 0.05) is 11.6 Å². The Bertz CT molecular complexity index is 817. The second-order valence-electron chi connectivity index (χ2n) is 6.54. The van der Waals surface area contributed by atoms with Crippen LogP contribution in [0.15, 0.2) is 18.2 Å². The first kappa shape index (κ1) is 22.9. The van der Waals surface area contributed by atoms with E-state index in [0.29, 0.717) is 18.9 Å². The number of rotatable bonds is 6. The van der Waals surface area contributed by atoms with E-state index in [1.54, 1.807) is 6.92 Å². The Hall–Kier alpha value is -1.36. The van der Waals surface area contributed by atoms with Crippen LogP contribution < -0.4 is 10.0 Å². The maximum absolute atomic E-state index is 13.6. The van der Waals surface area contributed by atoms with Gasteiger partial charge in [-0.15, -0.1) is 0 Å². The van der Waals surface area contributed by atoms with E-state index in [1.807, 2.05) is 0 Å². The molecule has 1 aliphatic rings. The molecule has 0 radical (unpaired) electrons. The van der Waals surface area contributed by atoms with Crippen molar-refractivity contribution in [2.45, 2.75) is 50.1 Å². The van der Waals surface area contributed by atoms with E-state index in [2.05, 4.69) is 0 Å². The van der Waals surface area contributed by atoms with E-state index in [9.17, 15) is 26.4 Å². The maximum Gasteiger partial charge on any atom is 0.418 e. The van der Waals surface area contributed by atoms with E-state index in [1.165, 1.54) is 6.07 Å². The quantitative estimate of drug-likeness (QED) is 0.731. The van der Waals surface area contributed by atoms with Crippen molar-refractivity contribution in [3.05, 3.63) is 28.8 Å². The summed E-state index contributed by atoms with van der Waals surface area (Å²) in [7, 11) is -4.08. The number of amides is 1. The molecule has 1 saturated carbocycles. The van der Waals surface area contributed by atoms with Crippen molar-refractivity contribution in [3.8, 4) is 0 Å². The van der Waals surface area contributed by atoms with Crippen LogP contribution >= 0.6 is 11.6 Å². The first-order valence-corrected chi connectivity index (χ1v) is 10.7. The molecule has 2 rings (SSSR count). The average molecular weight is 443 g/mol. The third-order valence-corrected chi connectivity index (χ3v) is 6.27. The highest BCUT2D eigenvalue weighted by Gasteiger charge is 2.43. The molecule has 1 aliphatic carbocycles. The molecule has 1 fully saturated rings. The van der Waals surface area contributed by atoms with E-state index < -0.39 is 51.3 Å². The minimum Gasteiger partial charge on any atom is -0.372 e. The van der Waals surface area contributed by atoms with Gasteiger partial charge in [0.05, 0.1) is 22.5 Å². The number of sulfonamides is 1. The van der Waals surface area contributed by atoms with Gasteiger partial charge in [-0.25, -0.2) is 13.6 Å². The van der Waals surface area contributed by atoms with Gasteiger partial charge in [0.15, 0.2) is 0 Å². The number of carbonyl (C=O) groups excluding carboxylic acids is 1. The molecule has 1 aromatic carbocycles. The van der Waals surface area contributed by atoms with E-state index in [4.69, 9.17) is 21.5 Å². The summed E-state index contributed by atoms with van der Waals surface area (Å²) in [6.07, 6.45) is -3.31. The van der Waals surface area contributed by atoms with Crippen LogP contribution in [-0.4, -0.2) is 38.8 Å². The van der Waals surface area contributed by atoms with Gasteiger partial charge in [0.1, 0.15) is 6.61 Å². The number of nitrogens with two attached hydrogens (primary N) is 1. The standard InChI is InChI=1S/C17H22ClF3N2O4S/c1-2-27-10-16(24)23(14-5-3-4-6-15(14)28(22,25)26)13-8-7-11(18)9-12(13)17(19,20)21/h7-9,14-15H,2-6,10H2,1H3,(H2,22,25,26). The second kappa shape index (κ2) is 8.98. The molecule has 1 amide bonds. The number of ether oxygens (including phenoxy) is 1. The van der Waals surface area contributed by atoms with Crippen molar-refractivity contribution in [1.29, 1.82) is 0 Å². The first-order chi connectivity index (χ1) is 13.0. The molecular weight excluding hydrogens is 421 g/mol. The topological polar surface area (TPSA) is 89.7 Å². The SMILES string of the molecule is CCOCC(=O)N(c1ccc(Cl)cc1C(F)(F)F)C1CCCCC1S(N)(=O)=O. The number of hydrogen-bond donors (Lipinski definition) is 1. The molecule has 2 atom stereocenters. The fourth-order valence-corrected chi connectivity index (χ4v) is 4.82. The number of alkyl halides is 3. The lowest BCUT2D eigenvalue weighted by Crippen LogP contribution is -2.54. The van der Waals surface area contributed by atoms with Crippen LogP contribution in [0, 0.1) is 0 Å². The summed E-state index contributed by atoms with van der Waals surface area (Å²) < 4.78 is 70.1. The summed E-state index contributed by atoms with van der Waals surface area (Å²) in [4.78, 5) is 13.7. The Morgan fingerprint density at radius 1 is 1.32 bits per heavy atom. The molecule has 2 N–H and O–H groups in total. The summed E-state index contributed by atoms with van der Waals surface area (Å²) in [5.74, 6) is -0.768. The largest absolute Gasteiger partial charge is 0.418 e. The second-order valence-corrected chi connectivity index (χ2v) is 8.76. The monoisotopic (exact) mass is 442 g/mol. The number of halogens is 4. The Morgan fingerprint density at radius 2 is 1.96 bits per heavy atom. The smallest absolute Gasteiger partial charge is 0.372 e. The zero-order chi connectivity index (χ0) is 21.1. The molecule has 158 valence electrons. The van der Waals surface area contributed by atoms with Gasteiger partial charge in [-0.05, 0) is 38.0 Å². The molecule has 0 spiro atoms. The van der Waals surface area contributed by atoms with Crippen molar-refractivity contribution < 1.29 is 31.1 Å². The third-order valence-electron chi connectivity index (χ3n) is 4.64. The van der Waals surface area contributed by atoms with Crippen LogP contribution in [0.1, 0.15) is 38.2 Å². The van der Waals surface area contributed by atoms with E-state index in [-0.39, 0.29) is 24.5 Å². The molecule has 6 nitrogen and oxygen atoms in total. The normalized spacial score (nSPS) is 20.8. The van der Waals surface area contributed by atoms with Crippen molar-refractivity contribution in [1.82, 2.24) is 0 Å². The number of benzene rings is 1. The Balaban J connectivity index is 2.62. The molecule has 28 heavy (non-hydrogen) atoms. The zero-order valence-corrected chi connectivity index (χ0v) is 16.8. The van der Waals surface area contributed by atoms with Crippen molar-refractivity contribution in [3.63, 3.8) is 0 Å². The summed E-state index contributed by atoms with van der Waals surface area (Å²) in [6, 6.07) is 1.98. The summed E-state index contributed by atoms with van der Waals surface area (Å²) in [6.45, 7) is 1.33. The molecule has 1 aromatic rings. The van der Waals surface area contributed by atoms with Crippen LogP contribution in [0.25, 0.3) is 0 Å². The predicted octanol–water partition coefficient (Wildman–Crippen LogP) is 3.33. The van der Waals surface area contributed by atoms with Crippen molar-refractivity contribution >= 4 is 33.2 Å². The Kier molecular flexibility index (Phi) is 7.35. The molecule has 0 aromatic heterocycles. The van der Waals surface area contributed by atoms with Gasteiger partial charge in [-0.3, -0.25) is 4.79 Å². The highest BCUT2D eigenvalue weighted by Crippen LogP contribution is 2.41. The van der Waals surface area contributed by atoms with Gasteiger partial charge in [0.25, 0.3) is 5.91 Å². The van der Waals surface area contributed by atoms with E-state index in [0.717, 1.165) is 11.0 Å². The van der Waals surface area contributed by atoms with Crippen LogP contribution in [0.4, 0.5) is 18.9 Å². The molecule has 0 aliphatic heterocycles. The predicted molar refractivity (Wildman–Crippen MR) is 99.6 cm³/mol. The fraction of sp³-hybridized carbons (Fsp3) is 0.588. The minimum absolute atomic E-state index is 0.153. The lowest BCUT2D eigenvalue weighted by Gasteiger charge is -2.39. The number of carbonyl (C=O) groups is 1. The van der Waals surface area contributed by atoms with Crippen LogP contribution in [-0.2, 0) is 25.7 Å². The Labute approximate surface area is 166 Å². The van der Waals surface area contributed by atoms with Gasteiger partial charge in [0.2, 0.25) is 10.0 Å². The molecule has 2 unspecified atom stereocenters. The third kappa shape index (κ3) is 5.37. The summed E-state index contributed by atoms with van der Waals surface area (Å²) in [5, 5.41) is 4.01. The van der Waals surface area contributed by atoms with Gasteiger partial charge in [-0.1, -0.05) is 24.4 Å². The molecule has 11 heteroatoms. The van der Waals surface area contributed by atoms with Crippen LogP contribution in [0.2, 0.25) is 5.02 Å². The van der Waals surface area contributed by atoms with E-state index >= 15 is 0 Å². The van der Waals surface area contributed by atoms with Crippen LogP contribution in [0.5, 0.6) is 0 Å². The van der Waals surface area contributed by atoms with Crippen molar-refractivity contribution in [2.75, 3.05) is 18.1 Å². The Morgan fingerprint density at radius 3 is 2.54 bits per heavy atom. The van der Waals surface area contributed by atoms with Gasteiger partial charge >= 0.3 is 6.18 Å². The first-order valence-electron chi connectivity index (χ1n) is 8.75.